The number of alkyl halides is 2. The van der Waals surface area contributed by atoms with Gasteiger partial charge in [-0.25, -0.2) is 12.8 Å². The Bertz CT molecular complexity index is 1310. The third-order valence-electron chi connectivity index (χ3n) is 6.45. The lowest BCUT2D eigenvalue weighted by molar-refractivity contribution is -0.202. The number of amides is 1. The van der Waals surface area contributed by atoms with Crippen molar-refractivity contribution in [2.24, 2.45) is 5.92 Å². The highest BCUT2D eigenvalue weighted by molar-refractivity contribution is 7.91. The van der Waals surface area contributed by atoms with Gasteiger partial charge >= 0.3 is 6.11 Å². The molecule has 1 amide bonds. The molecular weight excluding hydrogens is 523 g/mol. The number of halogens is 3. The Hall–Kier alpha value is -3.30. The van der Waals surface area contributed by atoms with Crippen molar-refractivity contribution < 1.29 is 35.9 Å². The smallest absolute Gasteiger partial charge is 0.417 e. The Kier molecular flexibility index (Phi) is 7.90. The van der Waals surface area contributed by atoms with E-state index in [1.165, 1.54) is 31.4 Å². The van der Waals surface area contributed by atoms with Gasteiger partial charge in [0.1, 0.15) is 34.9 Å². The van der Waals surface area contributed by atoms with Crippen molar-refractivity contribution in [2.45, 2.75) is 49.4 Å². The summed E-state index contributed by atoms with van der Waals surface area (Å²) in [7, 11) is -2.46. The number of carbonyl (C=O) groups is 1. The molecule has 2 atom stereocenters. The molecule has 2 fully saturated rings. The predicted molar refractivity (Wildman–Crippen MR) is 132 cm³/mol. The van der Waals surface area contributed by atoms with Crippen LogP contribution >= 0.6 is 0 Å². The summed E-state index contributed by atoms with van der Waals surface area (Å²) in [4.78, 5) is 13.2. The first-order valence-corrected chi connectivity index (χ1v) is 13.9. The molecule has 0 heterocycles. The Morgan fingerprint density at radius 2 is 1.87 bits per heavy atom. The summed E-state index contributed by atoms with van der Waals surface area (Å²) < 4.78 is 80.6. The van der Waals surface area contributed by atoms with Gasteiger partial charge in [0.15, 0.2) is 9.84 Å². The molecule has 4 rings (SSSR count). The van der Waals surface area contributed by atoms with Gasteiger partial charge in [0.2, 0.25) is 5.91 Å². The summed E-state index contributed by atoms with van der Waals surface area (Å²) in [5.74, 6) is -2.54. The lowest BCUT2D eigenvalue weighted by Gasteiger charge is -2.32. The molecule has 2 aromatic carbocycles. The largest absolute Gasteiger partial charge is 0.497 e. The van der Waals surface area contributed by atoms with Crippen LogP contribution in [0.3, 0.4) is 0 Å². The third kappa shape index (κ3) is 7.17. The Balaban J connectivity index is 1.67. The van der Waals surface area contributed by atoms with Crippen molar-refractivity contribution in [3.05, 3.63) is 59.9 Å². The van der Waals surface area contributed by atoms with E-state index in [1.807, 2.05) is 6.07 Å². The van der Waals surface area contributed by atoms with E-state index in [2.05, 4.69) is 10.6 Å². The maximum absolute atomic E-state index is 15.7. The zero-order valence-electron chi connectivity index (χ0n) is 20.6. The summed E-state index contributed by atoms with van der Waals surface area (Å²) in [5, 5.41) is 14.4. The number of nitriles is 1. The second-order valence-corrected chi connectivity index (χ2v) is 11.9. The van der Waals surface area contributed by atoms with Crippen molar-refractivity contribution in [3.63, 3.8) is 0 Å². The molecule has 2 N–H and O–H groups in total. The van der Waals surface area contributed by atoms with Gasteiger partial charge in [-0.1, -0.05) is 12.1 Å². The van der Waals surface area contributed by atoms with Gasteiger partial charge in [0.25, 0.3) is 0 Å². The molecule has 1 unspecified atom stereocenters. The maximum Gasteiger partial charge on any atom is 0.417 e. The molecule has 204 valence electrons. The van der Waals surface area contributed by atoms with Gasteiger partial charge < -0.3 is 14.8 Å². The van der Waals surface area contributed by atoms with E-state index in [4.69, 9.17) is 9.47 Å². The van der Waals surface area contributed by atoms with Gasteiger partial charge in [-0.15, -0.1) is 0 Å². The number of rotatable bonds is 13. The SMILES string of the molecule is COc1cccc(C(N[C@@H](CS(=O)(=O)CC2CC2)C(=O)NC2(C#N)CC2)C(F)(F)Oc2ccc(F)cc2)c1. The Morgan fingerprint density at radius 1 is 1.18 bits per heavy atom. The van der Waals surface area contributed by atoms with Crippen LogP contribution in [-0.4, -0.2) is 50.6 Å². The average Bonchev–Trinajstić information content (AvgIpc) is 3.81. The van der Waals surface area contributed by atoms with Crippen molar-refractivity contribution in [2.75, 3.05) is 18.6 Å². The molecule has 0 radical (unpaired) electrons. The molecule has 2 aliphatic rings. The summed E-state index contributed by atoms with van der Waals surface area (Å²) in [6, 6.07) is 7.97. The standard InChI is InChI=1S/C26H28F3N3O5S/c1-36-21-4-2-3-18(13-21)23(26(28,29)37-20-9-7-19(27)8-10-20)31-22(15-38(34,35)14-17-5-6-17)24(33)32-25(16-30)11-12-25/h2-4,7-10,13,17,22-23,31H,5-6,11-12,14-15H2,1H3,(H,32,33)/t22-,23?/m0/s1. The van der Waals surface area contributed by atoms with E-state index in [-0.39, 0.29) is 28.7 Å². The monoisotopic (exact) mass is 551 g/mol. The number of sulfone groups is 1. The van der Waals surface area contributed by atoms with Gasteiger partial charge in [-0.3, -0.25) is 10.1 Å². The third-order valence-corrected chi connectivity index (χ3v) is 8.27. The molecule has 8 nitrogen and oxygen atoms in total. The van der Waals surface area contributed by atoms with Crippen LogP contribution in [-0.2, 0) is 14.6 Å². The van der Waals surface area contributed by atoms with Gasteiger partial charge in [0.05, 0.1) is 24.7 Å². The number of methoxy groups -OCH3 is 1. The number of hydrogen-bond acceptors (Lipinski definition) is 7. The van der Waals surface area contributed by atoms with E-state index in [0.717, 1.165) is 37.1 Å². The summed E-state index contributed by atoms with van der Waals surface area (Å²) in [6.45, 7) is 0. The predicted octanol–water partition coefficient (Wildman–Crippen LogP) is 3.50. The highest BCUT2D eigenvalue weighted by atomic mass is 32.2. The maximum atomic E-state index is 15.7. The fraction of sp³-hybridized carbons (Fsp3) is 0.462. The van der Waals surface area contributed by atoms with E-state index in [0.29, 0.717) is 12.8 Å². The fourth-order valence-electron chi connectivity index (χ4n) is 4.01. The lowest BCUT2D eigenvalue weighted by Crippen LogP contribution is -2.56. The summed E-state index contributed by atoms with van der Waals surface area (Å²) in [5.41, 5.74) is -1.19. The second-order valence-electron chi connectivity index (χ2n) is 9.75. The minimum Gasteiger partial charge on any atom is -0.497 e. The molecule has 38 heavy (non-hydrogen) atoms. The zero-order valence-corrected chi connectivity index (χ0v) is 21.4. The molecule has 0 bridgehead atoms. The number of hydrogen-bond donors (Lipinski definition) is 2. The molecule has 0 aromatic heterocycles. The van der Waals surface area contributed by atoms with Crippen molar-refractivity contribution >= 4 is 15.7 Å². The summed E-state index contributed by atoms with van der Waals surface area (Å²) in [6.07, 6.45) is -1.79. The average molecular weight is 552 g/mol. The number of benzene rings is 2. The van der Waals surface area contributed by atoms with E-state index in [9.17, 15) is 22.9 Å². The van der Waals surface area contributed by atoms with Crippen molar-refractivity contribution in [3.8, 4) is 17.6 Å². The van der Waals surface area contributed by atoms with Crippen LogP contribution in [0.15, 0.2) is 48.5 Å². The van der Waals surface area contributed by atoms with Crippen LogP contribution in [0.1, 0.15) is 37.3 Å². The first kappa shape index (κ1) is 27.7. The quantitative estimate of drug-likeness (QED) is 0.391. The van der Waals surface area contributed by atoms with Gasteiger partial charge in [-0.2, -0.15) is 14.0 Å². The Labute approximate surface area is 219 Å². The van der Waals surface area contributed by atoms with E-state index >= 15 is 8.78 Å². The zero-order chi connectivity index (χ0) is 27.6. The molecule has 0 saturated heterocycles. The minimum atomic E-state index is -4.03. The highest BCUT2D eigenvalue weighted by Gasteiger charge is 2.49. The molecular formula is C26H28F3N3O5S. The Morgan fingerprint density at radius 3 is 2.45 bits per heavy atom. The second kappa shape index (κ2) is 10.8. The fourth-order valence-corrected chi connectivity index (χ4v) is 5.95. The van der Waals surface area contributed by atoms with Crippen LogP contribution in [0.4, 0.5) is 13.2 Å². The molecule has 2 saturated carbocycles. The van der Waals surface area contributed by atoms with Crippen LogP contribution in [0.2, 0.25) is 0 Å². The van der Waals surface area contributed by atoms with Crippen LogP contribution in [0.25, 0.3) is 0 Å². The van der Waals surface area contributed by atoms with Crippen LogP contribution in [0.5, 0.6) is 11.5 Å². The molecule has 0 aliphatic heterocycles. The molecule has 12 heteroatoms. The van der Waals surface area contributed by atoms with Crippen LogP contribution < -0.4 is 20.1 Å². The number of nitrogens with one attached hydrogen (secondary N) is 2. The first-order chi connectivity index (χ1) is 17.9. The topological polar surface area (TPSA) is 118 Å². The minimum absolute atomic E-state index is 0.0185. The summed E-state index contributed by atoms with van der Waals surface area (Å²) >= 11 is 0. The first-order valence-electron chi connectivity index (χ1n) is 12.1. The van der Waals surface area contributed by atoms with E-state index < -0.39 is 51.0 Å². The number of nitrogens with zero attached hydrogens (tertiary/aromatic N) is 1. The number of ether oxygens (including phenoxy) is 2. The molecule has 0 spiro atoms. The lowest BCUT2D eigenvalue weighted by atomic mass is 10.0. The normalized spacial score (nSPS) is 18.1. The molecule has 2 aromatic rings. The highest BCUT2D eigenvalue weighted by Crippen LogP contribution is 2.37. The van der Waals surface area contributed by atoms with Crippen LogP contribution in [0, 0.1) is 23.1 Å². The molecule has 2 aliphatic carbocycles. The number of carbonyl (C=O) groups excluding carboxylic acids is 1. The van der Waals surface area contributed by atoms with Gasteiger partial charge in [-0.05, 0) is 73.6 Å². The van der Waals surface area contributed by atoms with E-state index in [1.54, 1.807) is 0 Å². The van der Waals surface area contributed by atoms with Crippen molar-refractivity contribution in [1.82, 2.24) is 10.6 Å². The van der Waals surface area contributed by atoms with Gasteiger partial charge in [0, 0.05) is 0 Å². The van der Waals surface area contributed by atoms with Crippen molar-refractivity contribution in [1.29, 1.82) is 5.26 Å².